The molecule has 1 amide bonds. The van der Waals surface area contributed by atoms with Gasteiger partial charge in [-0.15, -0.1) is 0 Å². The van der Waals surface area contributed by atoms with Gasteiger partial charge in [0, 0.05) is 16.8 Å². The SMILES string of the molecule is CCCCc1c(NC(=O)C(F)(F)F)cccc1C(=O)c1ccccc1. The molecule has 0 saturated heterocycles. The molecule has 0 aliphatic rings. The summed E-state index contributed by atoms with van der Waals surface area (Å²) < 4.78 is 37.7. The zero-order valence-electron chi connectivity index (χ0n) is 13.7. The van der Waals surface area contributed by atoms with E-state index in [1.807, 2.05) is 12.2 Å². The molecule has 0 aromatic heterocycles. The minimum Gasteiger partial charge on any atom is -0.318 e. The Morgan fingerprint density at radius 2 is 1.68 bits per heavy atom. The van der Waals surface area contributed by atoms with Crippen LogP contribution in [0.2, 0.25) is 0 Å². The number of benzene rings is 2. The van der Waals surface area contributed by atoms with Gasteiger partial charge >= 0.3 is 12.1 Å². The second-order valence-corrected chi connectivity index (χ2v) is 5.58. The maximum atomic E-state index is 12.7. The van der Waals surface area contributed by atoms with Crippen LogP contribution >= 0.6 is 0 Å². The summed E-state index contributed by atoms with van der Waals surface area (Å²) in [7, 11) is 0. The van der Waals surface area contributed by atoms with E-state index in [1.54, 1.807) is 36.4 Å². The molecule has 0 bridgehead atoms. The van der Waals surface area contributed by atoms with Crippen molar-refractivity contribution >= 4 is 17.4 Å². The zero-order valence-corrected chi connectivity index (χ0v) is 13.7. The Morgan fingerprint density at radius 1 is 1.00 bits per heavy atom. The van der Waals surface area contributed by atoms with Crippen LogP contribution in [0, 0.1) is 0 Å². The summed E-state index contributed by atoms with van der Waals surface area (Å²) in [5.41, 5.74) is 1.20. The van der Waals surface area contributed by atoms with Gasteiger partial charge in [0.2, 0.25) is 0 Å². The number of amides is 1. The Bertz CT molecular complexity index is 755. The van der Waals surface area contributed by atoms with Crippen molar-refractivity contribution in [3.05, 3.63) is 65.2 Å². The zero-order chi connectivity index (χ0) is 18.4. The monoisotopic (exact) mass is 349 g/mol. The highest BCUT2D eigenvalue weighted by molar-refractivity contribution is 6.11. The number of hydrogen-bond acceptors (Lipinski definition) is 2. The molecule has 6 heteroatoms. The van der Waals surface area contributed by atoms with Crippen LogP contribution in [0.3, 0.4) is 0 Å². The molecule has 0 heterocycles. The third kappa shape index (κ3) is 4.68. The average Bonchev–Trinajstić information content (AvgIpc) is 2.59. The Hall–Kier alpha value is -2.63. The molecular weight excluding hydrogens is 331 g/mol. The number of carbonyl (C=O) groups is 2. The van der Waals surface area contributed by atoms with E-state index in [0.717, 1.165) is 6.42 Å². The van der Waals surface area contributed by atoms with Crippen molar-refractivity contribution in [3.63, 3.8) is 0 Å². The van der Waals surface area contributed by atoms with Gasteiger partial charge in [0.1, 0.15) is 0 Å². The standard InChI is InChI=1S/C19H18F3NO2/c1-2-3-10-14-15(17(24)13-8-5-4-6-9-13)11-7-12-16(14)23-18(25)19(20,21)22/h4-9,11-12H,2-3,10H2,1H3,(H,23,25). The third-order valence-corrected chi connectivity index (χ3v) is 3.74. The highest BCUT2D eigenvalue weighted by atomic mass is 19.4. The fourth-order valence-corrected chi connectivity index (χ4v) is 2.48. The number of ketones is 1. The largest absolute Gasteiger partial charge is 0.471 e. The maximum Gasteiger partial charge on any atom is 0.471 e. The number of alkyl halides is 3. The number of hydrogen-bond donors (Lipinski definition) is 1. The lowest BCUT2D eigenvalue weighted by molar-refractivity contribution is -0.167. The van der Waals surface area contributed by atoms with E-state index in [9.17, 15) is 22.8 Å². The predicted octanol–water partition coefficient (Wildman–Crippen LogP) is 4.76. The second-order valence-electron chi connectivity index (χ2n) is 5.58. The number of nitrogens with one attached hydrogen (secondary N) is 1. The van der Waals surface area contributed by atoms with Crippen LogP contribution in [0.4, 0.5) is 18.9 Å². The van der Waals surface area contributed by atoms with Gasteiger partial charge in [-0.25, -0.2) is 0 Å². The number of unbranched alkanes of at least 4 members (excludes halogenated alkanes) is 1. The average molecular weight is 349 g/mol. The first-order valence-corrected chi connectivity index (χ1v) is 7.94. The Morgan fingerprint density at radius 3 is 2.28 bits per heavy atom. The van der Waals surface area contributed by atoms with Gasteiger partial charge in [0.15, 0.2) is 5.78 Å². The molecular formula is C19H18F3NO2. The van der Waals surface area contributed by atoms with Crippen LogP contribution in [0.1, 0.15) is 41.3 Å². The molecule has 1 N–H and O–H groups in total. The lowest BCUT2D eigenvalue weighted by Gasteiger charge is -2.16. The molecule has 132 valence electrons. The number of halogens is 3. The van der Waals surface area contributed by atoms with E-state index >= 15 is 0 Å². The van der Waals surface area contributed by atoms with Gasteiger partial charge in [0.25, 0.3) is 0 Å². The van der Waals surface area contributed by atoms with Gasteiger partial charge < -0.3 is 5.32 Å². The highest BCUT2D eigenvalue weighted by Crippen LogP contribution is 2.27. The number of rotatable bonds is 6. The van der Waals surface area contributed by atoms with Crippen LogP contribution in [-0.4, -0.2) is 17.9 Å². The summed E-state index contributed by atoms with van der Waals surface area (Å²) in [5, 5.41) is 1.89. The van der Waals surface area contributed by atoms with Gasteiger partial charge in [-0.1, -0.05) is 55.8 Å². The van der Waals surface area contributed by atoms with Crippen molar-refractivity contribution < 1.29 is 22.8 Å². The summed E-state index contributed by atoms with van der Waals surface area (Å²) in [6.07, 6.45) is -3.09. The number of anilines is 1. The van der Waals surface area contributed by atoms with E-state index in [-0.39, 0.29) is 11.5 Å². The van der Waals surface area contributed by atoms with Crippen LogP contribution in [0.5, 0.6) is 0 Å². The van der Waals surface area contributed by atoms with Crippen LogP contribution in [-0.2, 0) is 11.2 Å². The van der Waals surface area contributed by atoms with Crippen LogP contribution in [0.15, 0.2) is 48.5 Å². The van der Waals surface area contributed by atoms with Crippen molar-refractivity contribution in [2.45, 2.75) is 32.4 Å². The van der Waals surface area contributed by atoms with Gasteiger partial charge in [-0.3, -0.25) is 9.59 Å². The lowest BCUT2D eigenvalue weighted by atomic mass is 9.94. The molecule has 0 spiro atoms. The Kier molecular flexibility index (Phi) is 5.96. The van der Waals surface area contributed by atoms with Crippen molar-refractivity contribution in [3.8, 4) is 0 Å². The molecule has 2 rings (SSSR count). The highest BCUT2D eigenvalue weighted by Gasteiger charge is 2.39. The van der Waals surface area contributed by atoms with E-state index in [1.165, 1.54) is 12.1 Å². The fourth-order valence-electron chi connectivity index (χ4n) is 2.48. The lowest BCUT2D eigenvalue weighted by Crippen LogP contribution is -2.30. The smallest absolute Gasteiger partial charge is 0.318 e. The first-order valence-electron chi connectivity index (χ1n) is 7.94. The predicted molar refractivity (Wildman–Crippen MR) is 89.6 cm³/mol. The van der Waals surface area contributed by atoms with Crippen molar-refractivity contribution in [2.75, 3.05) is 5.32 Å². The third-order valence-electron chi connectivity index (χ3n) is 3.74. The number of carbonyl (C=O) groups excluding carboxylic acids is 2. The molecule has 25 heavy (non-hydrogen) atoms. The fraction of sp³-hybridized carbons (Fsp3) is 0.263. The summed E-state index contributed by atoms with van der Waals surface area (Å²) in [6, 6.07) is 12.9. The molecule has 2 aromatic carbocycles. The van der Waals surface area contributed by atoms with Gasteiger partial charge in [-0.05, 0) is 24.5 Å². The molecule has 0 unspecified atom stereocenters. The second kappa shape index (κ2) is 7.96. The summed E-state index contributed by atoms with van der Waals surface area (Å²) in [6.45, 7) is 1.94. The normalized spacial score (nSPS) is 11.2. The van der Waals surface area contributed by atoms with Crippen molar-refractivity contribution in [1.82, 2.24) is 0 Å². The van der Waals surface area contributed by atoms with Crippen LogP contribution < -0.4 is 5.32 Å². The molecule has 0 aliphatic heterocycles. The van der Waals surface area contributed by atoms with Crippen molar-refractivity contribution in [1.29, 1.82) is 0 Å². The molecule has 0 saturated carbocycles. The molecule has 0 fully saturated rings. The summed E-state index contributed by atoms with van der Waals surface area (Å²) in [5.74, 6) is -2.33. The van der Waals surface area contributed by atoms with Gasteiger partial charge in [-0.2, -0.15) is 13.2 Å². The minimum atomic E-state index is -4.98. The van der Waals surface area contributed by atoms with E-state index in [0.29, 0.717) is 29.5 Å². The van der Waals surface area contributed by atoms with Crippen molar-refractivity contribution in [2.24, 2.45) is 0 Å². The topological polar surface area (TPSA) is 46.2 Å². The molecule has 0 radical (unpaired) electrons. The van der Waals surface area contributed by atoms with E-state index in [2.05, 4.69) is 0 Å². The molecule has 2 aromatic rings. The quantitative estimate of drug-likeness (QED) is 0.764. The minimum absolute atomic E-state index is 0.0255. The Balaban J connectivity index is 2.44. The van der Waals surface area contributed by atoms with E-state index in [4.69, 9.17) is 0 Å². The molecule has 0 aliphatic carbocycles. The van der Waals surface area contributed by atoms with Crippen LogP contribution in [0.25, 0.3) is 0 Å². The Labute approximate surface area is 143 Å². The molecule has 3 nitrogen and oxygen atoms in total. The van der Waals surface area contributed by atoms with E-state index < -0.39 is 12.1 Å². The first-order chi connectivity index (χ1) is 11.8. The molecule has 0 atom stereocenters. The summed E-state index contributed by atoms with van der Waals surface area (Å²) in [4.78, 5) is 24.0. The van der Waals surface area contributed by atoms with Gasteiger partial charge in [0.05, 0.1) is 0 Å². The first kappa shape index (κ1) is 18.7. The maximum absolute atomic E-state index is 12.7. The summed E-state index contributed by atoms with van der Waals surface area (Å²) >= 11 is 0.